The van der Waals surface area contributed by atoms with Crippen molar-refractivity contribution >= 4 is 11.6 Å². The van der Waals surface area contributed by atoms with E-state index in [9.17, 15) is 4.39 Å². The average Bonchev–Trinajstić information content (AvgIpc) is 2.43. The van der Waals surface area contributed by atoms with E-state index in [4.69, 9.17) is 22.1 Å². The summed E-state index contributed by atoms with van der Waals surface area (Å²) in [7, 11) is 1.72. The normalized spacial score (nSPS) is 28.4. The van der Waals surface area contributed by atoms with Crippen molar-refractivity contribution in [3.8, 4) is 0 Å². The van der Waals surface area contributed by atoms with Gasteiger partial charge in [0, 0.05) is 18.2 Å². The molecule has 1 unspecified atom stereocenters. The molecule has 0 saturated heterocycles. The number of halogens is 2. The van der Waals surface area contributed by atoms with E-state index in [0.717, 1.165) is 31.6 Å². The second-order valence-electron chi connectivity index (χ2n) is 6.00. The standard InChI is InChI=1S/C16H23ClFNO/c1-11-5-7-16(20-2,8-6-11)15(19)9-12-3-4-13(17)10-14(12)18/h3-4,10-11,15H,5-9,19H2,1-2H3. The van der Waals surface area contributed by atoms with Gasteiger partial charge in [-0.3, -0.25) is 0 Å². The van der Waals surface area contributed by atoms with Crippen molar-refractivity contribution in [3.05, 3.63) is 34.6 Å². The highest BCUT2D eigenvalue weighted by molar-refractivity contribution is 6.30. The van der Waals surface area contributed by atoms with Crippen LogP contribution in [0.1, 0.15) is 38.2 Å². The predicted octanol–water partition coefficient (Wildman–Crippen LogP) is 3.94. The van der Waals surface area contributed by atoms with Gasteiger partial charge in [0.05, 0.1) is 5.60 Å². The van der Waals surface area contributed by atoms with Crippen LogP contribution < -0.4 is 5.73 Å². The van der Waals surface area contributed by atoms with Crippen molar-refractivity contribution in [2.24, 2.45) is 11.7 Å². The number of rotatable bonds is 4. The molecule has 1 aliphatic rings. The lowest BCUT2D eigenvalue weighted by molar-refractivity contribution is -0.0660. The van der Waals surface area contributed by atoms with Crippen molar-refractivity contribution in [1.82, 2.24) is 0 Å². The van der Waals surface area contributed by atoms with E-state index in [1.807, 2.05) is 0 Å². The summed E-state index contributed by atoms with van der Waals surface area (Å²) in [6.45, 7) is 2.25. The van der Waals surface area contributed by atoms with Crippen LogP contribution in [0.15, 0.2) is 18.2 Å². The lowest BCUT2D eigenvalue weighted by Crippen LogP contribution is -2.52. The highest BCUT2D eigenvalue weighted by Crippen LogP contribution is 2.37. The first-order valence-corrected chi connectivity index (χ1v) is 7.59. The fourth-order valence-corrected chi connectivity index (χ4v) is 3.25. The van der Waals surface area contributed by atoms with E-state index in [1.165, 1.54) is 6.07 Å². The fourth-order valence-electron chi connectivity index (χ4n) is 3.09. The minimum atomic E-state index is -0.321. The fraction of sp³-hybridized carbons (Fsp3) is 0.625. The Morgan fingerprint density at radius 1 is 1.45 bits per heavy atom. The van der Waals surface area contributed by atoms with Crippen molar-refractivity contribution < 1.29 is 9.13 Å². The molecule has 0 bridgehead atoms. The second kappa shape index (κ2) is 6.42. The lowest BCUT2D eigenvalue weighted by Gasteiger charge is -2.42. The zero-order valence-corrected chi connectivity index (χ0v) is 12.9. The molecule has 112 valence electrons. The van der Waals surface area contributed by atoms with Crippen LogP contribution in [0, 0.1) is 11.7 Å². The van der Waals surface area contributed by atoms with Gasteiger partial charge in [-0.1, -0.05) is 24.6 Å². The Balaban J connectivity index is 2.11. The molecule has 1 aliphatic carbocycles. The lowest BCUT2D eigenvalue weighted by atomic mass is 9.74. The summed E-state index contributed by atoms with van der Waals surface area (Å²) in [5.41, 5.74) is 6.64. The first-order chi connectivity index (χ1) is 9.47. The molecule has 4 heteroatoms. The predicted molar refractivity (Wildman–Crippen MR) is 80.5 cm³/mol. The third kappa shape index (κ3) is 3.33. The molecule has 0 heterocycles. The molecule has 1 atom stereocenters. The van der Waals surface area contributed by atoms with Gasteiger partial charge in [-0.05, 0) is 55.7 Å². The van der Waals surface area contributed by atoms with Crippen LogP contribution in [0.5, 0.6) is 0 Å². The minimum absolute atomic E-state index is 0.198. The topological polar surface area (TPSA) is 35.2 Å². The number of nitrogens with two attached hydrogens (primary N) is 1. The van der Waals surface area contributed by atoms with E-state index in [0.29, 0.717) is 17.0 Å². The van der Waals surface area contributed by atoms with Gasteiger partial charge < -0.3 is 10.5 Å². The van der Waals surface area contributed by atoms with Gasteiger partial charge in [-0.15, -0.1) is 0 Å². The smallest absolute Gasteiger partial charge is 0.127 e. The van der Waals surface area contributed by atoms with E-state index in [1.54, 1.807) is 19.2 Å². The molecule has 1 fully saturated rings. The molecule has 1 aromatic carbocycles. The molecule has 2 rings (SSSR count). The number of benzene rings is 1. The SMILES string of the molecule is COC1(C(N)Cc2ccc(Cl)cc2F)CCC(C)CC1. The average molecular weight is 300 g/mol. The Labute approximate surface area is 125 Å². The molecule has 2 nitrogen and oxygen atoms in total. The van der Waals surface area contributed by atoms with Gasteiger partial charge in [0.1, 0.15) is 5.82 Å². The third-order valence-corrected chi connectivity index (χ3v) is 4.89. The summed E-state index contributed by atoms with van der Waals surface area (Å²) in [6.07, 6.45) is 4.60. The minimum Gasteiger partial charge on any atom is -0.377 e. The third-order valence-electron chi connectivity index (χ3n) is 4.66. The van der Waals surface area contributed by atoms with Crippen LogP contribution in [-0.2, 0) is 11.2 Å². The molecule has 0 radical (unpaired) electrons. The maximum atomic E-state index is 13.9. The monoisotopic (exact) mass is 299 g/mol. The van der Waals surface area contributed by atoms with Gasteiger partial charge in [0.2, 0.25) is 0 Å². The quantitative estimate of drug-likeness (QED) is 0.914. The van der Waals surface area contributed by atoms with Gasteiger partial charge in [-0.25, -0.2) is 4.39 Å². The Bertz CT molecular complexity index is 458. The van der Waals surface area contributed by atoms with Crippen LogP contribution in [0.2, 0.25) is 5.02 Å². The van der Waals surface area contributed by atoms with Gasteiger partial charge >= 0.3 is 0 Å². The molecule has 2 N–H and O–H groups in total. The molecular formula is C16H23ClFNO. The van der Waals surface area contributed by atoms with Gasteiger partial charge in [-0.2, -0.15) is 0 Å². The van der Waals surface area contributed by atoms with Crippen molar-refractivity contribution in [2.45, 2.75) is 50.7 Å². The van der Waals surface area contributed by atoms with Crippen LogP contribution in [-0.4, -0.2) is 18.8 Å². The van der Waals surface area contributed by atoms with E-state index in [2.05, 4.69) is 6.92 Å². The second-order valence-corrected chi connectivity index (χ2v) is 6.43. The Morgan fingerprint density at radius 2 is 2.10 bits per heavy atom. The molecule has 0 aromatic heterocycles. The molecular weight excluding hydrogens is 277 g/mol. The summed E-state index contributed by atoms with van der Waals surface area (Å²) >= 11 is 5.78. The first-order valence-electron chi connectivity index (χ1n) is 7.21. The maximum absolute atomic E-state index is 13.9. The highest BCUT2D eigenvalue weighted by Gasteiger charge is 2.39. The summed E-state index contributed by atoms with van der Waals surface area (Å²) in [4.78, 5) is 0. The maximum Gasteiger partial charge on any atom is 0.127 e. The van der Waals surface area contributed by atoms with Crippen molar-refractivity contribution in [2.75, 3.05) is 7.11 Å². The Kier molecular flexibility index (Phi) is 5.05. The molecule has 0 spiro atoms. The van der Waals surface area contributed by atoms with E-state index < -0.39 is 0 Å². The number of hydrogen-bond acceptors (Lipinski definition) is 2. The van der Waals surface area contributed by atoms with Crippen LogP contribution in [0.4, 0.5) is 4.39 Å². The summed E-state index contributed by atoms with van der Waals surface area (Å²) < 4.78 is 19.6. The van der Waals surface area contributed by atoms with Gasteiger partial charge in [0.15, 0.2) is 0 Å². The summed E-state index contributed by atoms with van der Waals surface area (Å²) in [5, 5.41) is 0.410. The van der Waals surface area contributed by atoms with E-state index >= 15 is 0 Å². The van der Waals surface area contributed by atoms with E-state index in [-0.39, 0.29) is 17.5 Å². The molecule has 1 aromatic rings. The van der Waals surface area contributed by atoms with Crippen LogP contribution >= 0.6 is 11.6 Å². The van der Waals surface area contributed by atoms with Crippen LogP contribution in [0.3, 0.4) is 0 Å². The number of methoxy groups -OCH3 is 1. The molecule has 20 heavy (non-hydrogen) atoms. The molecule has 0 amide bonds. The van der Waals surface area contributed by atoms with Crippen molar-refractivity contribution in [1.29, 1.82) is 0 Å². The Morgan fingerprint density at radius 3 is 2.65 bits per heavy atom. The highest BCUT2D eigenvalue weighted by atomic mass is 35.5. The number of ether oxygens (including phenoxy) is 1. The van der Waals surface area contributed by atoms with Crippen molar-refractivity contribution in [3.63, 3.8) is 0 Å². The molecule has 0 aliphatic heterocycles. The first kappa shape index (κ1) is 15.7. The zero-order valence-electron chi connectivity index (χ0n) is 12.2. The zero-order chi connectivity index (χ0) is 14.8. The Hall–Kier alpha value is -0.640. The van der Waals surface area contributed by atoms with Gasteiger partial charge in [0.25, 0.3) is 0 Å². The summed E-state index contributed by atoms with van der Waals surface area (Å²) in [5.74, 6) is 0.432. The summed E-state index contributed by atoms with van der Waals surface area (Å²) in [6, 6.07) is 4.56. The largest absolute Gasteiger partial charge is 0.377 e. The molecule has 1 saturated carbocycles. The number of hydrogen-bond donors (Lipinski definition) is 1. The van der Waals surface area contributed by atoms with Crippen LogP contribution in [0.25, 0.3) is 0 Å².